The molecular formula is C28H30N6O. The van der Waals surface area contributed by atoms with Gasteiger partial charge >= 0.3 is 0 Å². The number of amides is 1. The number of hydrogen-bond acceptors (Lipinski definition) is 5. The number of nitrogen functional groups attached to an aromatic ring is 1. The van der Waals surface area contributed by atoms with Crippen LogP contribution in [0.4, 0.5) is 11.4 Å². The van der Waals surface area contributed by atoms with Crippen LogP contribution in [-0.4, -0.2) is 38.9 Å². The summed E-state index contributed by atoms with van der Waals surface area (Å²) >= 11 is 0. The number of aromatic nitrogens is 3. The molecule has 35 heavy (non-hydrogen) atoms. The number of nitrogens with two attached hydrogens (primary N) is 1. The van der Waals surface area contributed by atoms with Gasteiger partial charge in [0.05, 0.1) is 23.6 Å². The first-order valence-electron chi connectivity index (χ1n) is 12.1. The maximum Gasteiger partial charge on any atom is 0.224 e. The smallest absolute Gasteiger partial charge is 0.224 e. The van der Waals surface area contributed by atoms with Crippen LogP contribution in [0.2, 0.25) is 0 Å². The summed E-state index contributed by atoms with van der Waals surface area (Å²) in [5, 5.41) is 11.5. The molecule has 0 unspecified atom stereocenters. The number of nitrogens with one attached hydrogen (secondary N) is 1. The SMILES string of the molecule is Nc1ccc(-c2ccccc2)cc1NC(=O)CCc1cn(CCN2CCc3ccccc3C2)nn1. The highest BCUT2D eigenvalue weighted by Gasteiger charge is 2.16. The van der Waals surface area contributed by atoms with Gasteiger partial charge in [-0.3, -0.25) is 14.4 Å². The molecule has 7 heteroatoms. The lowest BCUT2D eigenvalue weighted by Crippen LogP contribution is -2.33. The first kappa shape index (κ1) is 22.8. The maximum absolute atomic E-state index is 12.6. The Bertz CT molecular complexity index is 1300. The van der Waals surface area contributed by atoms with Gasteiger partial charge in [0.25, 0.3) is 0 Å². The number of aryl methyl sites for hydroxylation is 1. The van der Waals surface area contributed by atoms with Crippen molar-refractivity contribution < 1.29 is 4.79 Å². The van der Waals surface area contributed by atoms with Crippen LogP contribution in [-0.2, 0) is 30.7 Å². The third-order valence-corrected chi connectivity index (χ3v) is 6.48. The van der Waals surface area contributed by atoms with Crippen LogP contribution in [0.25, 0.3) is 11.1 Å². The van der Waals surface area contributed by atoms with Crippen molar-refractivity contribution in [3.05, 3.63) is 95.8 Å². The summed E-state index contributed by atoms with van der Waals surface area (Å²) in [7, 11) is 0. The van der Waals surface area contributed by atoms with Gasteiger partial charge < -0.3 is 11.1 Å². The Labute approximate surface area is 205 Å². The average molecular weight is 467 g/mol. The molecule has 1 aromatic heterocycles. The zero-order valence-corrected chi connectivity index (χ0v) is 19.7. The Hall–Kier alpha value is -3.97. The van der Waals surface area contributed by atoms with Gasteiger partial charge in [-0.2, -0.15) is 0 Å². The second-order valence-electron chi connectivity index (χ2n) is 8.98. The summed E-state index contributed by atoms with van der Waals surface area (Å²) in [5.41, 5.74) is 13.1. The largest absolute Gasteiger partial charge is 0.397 e. The molecule has 0 aliphatic carbocycles. The highest BCUT2D eigenvalue weighted by Crippen LogP contribution is 2.27. The van der Waals surface area contributed by atoms with Gasteiger partial charge in [0.2, 0.25) is 5.91 Å². The Balaban J connectivity index is 1.11. The molecule has 4 aromatic rings. The standard InChI is InChI=1S/C28H30N6O/c29-26-12-10-23(21-6-2-1-3-7-21)18-27(26)30-28(35)13-11-25-20-34(32-31-25)17-16-33-15-14-22-8-4-5-9-24(22)19-33/h1-10,12,18,20H,11,13-17,19,29H2,(H,30,35). The van der Waals surface area contributed by atoms with Gasteiger partial charge in [0.1, 0.15) is 0 Å². The molecule has 0 bridgehead atoms. The van der Waals surface area contributed by atoms with E-state index in [1.807, 2.05) is 59.4 Å². The predicted molar refractivity (Wildman–Crippen MR) is 139 cm³/mol. The fourth-order valence-electron chi connectivity index (χ4n) is 4.48. The van der Waals surface area contributed by atoms with Crippen molar-refractivity contribution in [2.75, 3.05) is 24.1 Å². The molecule has 178 valence electrons. The van der Waals surface area contributed by atoms with E-state index in [1.165, 1.54) is 11.1 Å². The molecule has 0 saturated carbocycles. The number of rotatable bonds is 8. The topological polar surface area (TPSA) is 89.1 Å². The number of hydrogen-bond donors (Lipinski definition) is 2. The zero-order valence-electron chi connectivity index (χ0n) is 19.7. The van der Waals surface area contributed by atoms with Crippen molar-refractivity contribution in [3.8, 4) is 11.1 Å². The second-order valence-corrected chi connectivity index (χ2v) is 8.98. The second kappa shape index (κ2) is 10.5. The van der Waals surface area contributed by atoms with Gasteiger partial charge in [-0.15, -0.1) is 5.10 Å². The third-order valence-electron chi connectivity index (χ3n) is 6.48. The first-order valence-corrected chi connectivity index (χ1v) is 12.1. The van der Waals surface area contributed by atoms with Crippen molar-refractivity contribution in [2.24, 2.45) is 0 Å². The number of carbonyl (C=O) groups is 1. The van der Waals surface area contributed by atoms with E-state index in [4.69, 9.17) is 5.73 Å². The molecule has 0 saturated heterocycles. The molecule has 0 atom stereocenters. The molecule has 1 aliphatic rings. The minimum atomic E-state index is -0.0940. The van der Waals surface area contributed by atoms with Crippen molar-refractivity contribution in [2.45, 2.75) is 32.4 Å². The van der Waals surface area contributed by atoms with E-state index in [0.717, 1.165) is 49.4 Å². The Morgan fingerprint density at radius 2 is 1.74 bits per heavy atom. The maximum atomic E-state index is 12.6. The van der Waals surface area contributed by atoms with Crippen LogP contribution in [0, 0.1) is 0 Å². The summed E-state index contributed by atoms with van der Waals surface area (Å²) in [5.74, 6) is -0.0940. The minimum absolute atomic E-state index is 0.0940. The molecule has 5 rings (SSSR count). The van der Waals surface area contributed by atoms with E-state index in [2.05, 4.69) is 44.8 Å². The van der Waals surface area contributed by atoms with Crippen LogP contribution >= 0.6 is 0 Å². The molecule has 7 nitrogen and oxygen atoms in total. The van der Waals surface area contributed by atoms with E-state index in [1.54, 1.807) is 0 Å². The van der Waals surface area contributed by atoms with E-state index in [-0.39, 0.29) is 5.91 Å². The fourth-order valence-corrected chi connectivity index (χ4v) is 4.48. The van der Waals surface area contributed by atoms with E-state index in [0.29, 0.717) is 24.2 Å². The normalized spacial score (nSPS) is 13.4. The van der Waals surface area contributed by atoms with Crippen molar-refractivity contribution >= 4 is 17.3 Å². The van der Waals surface area contributed by atoms with E-state index < -0.39 is 0 Å². The summed E-state index contributed by atoms with van der Waals surface area (Å²) in [6.45, 7) is 3.75. The molecule has 0 radical (unpaired) electrons. The van der Waals surface area contributed by atoms with Gasteiger partial charge in [-0.1, -0.05) is 65.9 Å². The molecule has 0 fully saturated rings. The zero-order chi connectivity index (χ0) is 24.0. The van der Waals surface area contributed by atoms with E-state index in [9.17, 15) is 4.79 Å². The van der Waals surface area contributed by atoms with Gasteiger partial charge in [0.15, 0.2) is 0 Å². The lowest BCUT2D eigenvalue weighted by Gasteiger charge is -2.28. The molecule has 3 N–H and O–H groups in total. The quantitative estimate of drug-likeness (QED) is 0.381. The van der Waals surface area contributed by atoms with Crippen molar-refractivity contribution in [3.63, 3.8) is 0 Å². The molecule has 2 heterocycles. The number of carbonyl (C=O) groups excluding carboxylic acids is 1. The van der Waals surface area contributed by atoms with Crippen LogP contribution in [0.15, 0.2) is 79.0 Å². The lowest BCUT2D eigenvalue weighted by atomic mass is 10.00. The molecular weight excluding hydrogens is 436 g/mol. The van der Waals surface area contributed by atoms with Crippen LogP contribution in [0.1, 0.15) is 23.2 Å². The number of fused-ring (bicyclic) bond motifs is 1. The summed E-state index contributed by atoms with van der Waals surface area (Å²) in [6.07, 6.45) is 3.88. The molecule has 1 amide bonds. The summed E-state index contributed by atoms with van der Waals surface area (Å²) < 4.78 is 1.87. The van der Waals surface area contributed by atoms with Crippen LogP contribution in [0.5, 0.6) is 0 Å². The van der Waals surface area contributed by atoms with Crippen molar-refractivity contribution in [1.82, 2.24) is 19.9 Å². The average Bonchev–Trinajstić information content (AvgIpc) is 3.36. The molecule has 0 spiro atoms. The number of anilines is 2. The highest BCUT2D eigenvalue weighted by molar-refractivity contribution is 5.95. The first-order chi connectivity index (χ1) is 17.1. The number of nitrogens with zero attached hydrogens (tertiary/aromatic N) is 4. The minimum Gasteiger partial charge on any atom is -0.397 e. The van der Waals surface area contributed by atoms with Crippen molar-refractivity contribution in [1.29, 1.82) is 0 Å². The molecule has 3 aromatic carbocycles. The summed E-state index contributed by atoms with van der Waals surface area (Å²) in [4.78, 5) is 15.0. The Kier molecular flexibility index (Phi) is 6.86. The van der Waals surface area contributed by atoms with E-state index >= 15 is 0 Å². The monoisotopic (exact) mass is 466 g/mol. The lowest BCUT2D eigenvalue weighted by molar-refractivity contribution is -0.116. The fraction of sp³-hybridized carbons (Fsp3) is 0.250. The number of benzene rings is 3. The summed E-state index contributed by atoms with van der Waals surface area (Å²) in [6, 6.07) is 24.4. The molecule has 1 aliphatic heterocycles. The van der Waals surface area contributed by atoms with Crippen LogP contribution in [0.3, 0.4) is 0 Å². The Morgan fingerprint density at radius 1 is 0.943 bits per heavy atom. The third kappa shape index (κ3) is 5.75. The van der Waals surface area contributed by atoms with Crippen LogP contribution < -0.4 is 11.1 Å². The Morgan fingerprint density at radius 3 is 2.60 bits per heavy atom. The van der Waals surface area contributed by atoms with Gasteiger partial charge in [-0.25, -0.2) is 0 Å². The highest BCUT2D eigenvalue weighted by atomic mass is 16.1. The van der Waals surface area contributed by atoms with Gasteiger partial charge in [-0.05, 0) is 40.8 Å². The van der Waals surface area contributed by atoms with Gasteiger partial charge in [0, 0.05) is 38.7 Å². The predicted octanol–water partition coefficient (Wildman–Crippen LogP) is 4.16.